The Morgan fingerprint density at radius 1 is 1.47 bits per heavy atom. The van der Waals surface area contributed by atoms with E-state index in [4.69, 9.17) is 16.2 Å². The van der Waals surface area contributed by atoms with Crippen LogP contribution in [0.5, 0.6) is 0 Å². The average Bonchev–Trinajstić information content (AvgIpc) is 2.70. The minimum Gasteiger partial charge on any atom is -0.399 e. The van der Waals surface area contributed by atoms with Gasteiger partial charge in [-0.25, -0.2) is 9.38 Å². The molecule has 0 bridgehead atoms. The molecule has 2 aliphatic rings. The van der Waals surface area contributed by atoms with Crippen LogP contribution in [0, 0.1) is 11.7 Å². The van der Waals surface area contributed by atoms with Crippen molar-refractivity contribution in [3.8, 4) is 0 Å². The van der Waals surface area contributed by atoms with Crippen molar-refractivity contribution in [3.05, 3.63) is 29.6 Å². The minimum absolute atomic E-state index is 0.0326. The predicted molar refractivity (Wildman–Crippen MR) is 75.5 cm³/mol. The highest BCUT2D eigenvalue weighted by molar-refractivity contribution is 8.13. The number of anilines is 1. The number of fused-ring (bicyclic) bond motifs is 1. The molecule has 0 radical (unpaired) electrons. The van der Waals surface area contributed by atoms with Gasteiger partial charge in [0.25, 0.3) is 0 Å². The SMILES string of the molecule is C[C@H]1OC[C@]2(c3cc(N)ccc3F)N=C(N)SC[C@H]12. The van der Waals surface area contributed by atoms with Crippen LogP contribution in [-0.4, -0.2) is 23.6 Å². The summed E-state index contributed by atoms with van der Waals surface area (Å²) in [6, 6.07) is 4.58. The zero-order valence-electron chi connectivity index (χ0n) is 10.6. The van der Waals surface area contributed by atoms with Gasteiger partial charge in [-0.1, -0.05) is 11.8 Å². The maximum absolute atomic E-state index is 14.2. The molecule has 0 aliphatic carbocycles. The Kier molecular flexibility index (Phi) is 2.94. The second-order valence-corrected chi connectivity index (χ2v) is 6.09. The summed E-state index contributed by atoms with van der Waals surface area (Å²) in [7, 11) is 0. The highest BCUT2D eigenvalue weighted by Crippen LogP contribution is 2.48. The standard InChI is InChI=1S/C13H16FN3OS/c1-7-10-5-19-12(16)17-13(10,6-18-7)9-4-8(15)2-3-11(9)14/h2-4,7,10H,5-6,15H2,1H3,(H2,16,17)/t7-,10-,13-/m1/s1. The fraction of sp³-hybridized carbons (Fsp3) is 0.462. The molecule has 0 aromatic heterocycles. The molecule has 6 heteroatoms. The molecule has 4 N–H and O–H groups in total. The molecule has 0 amide bonds. The van der Waals surface area contributed by atoms with E-state index in [0.717, 1.165) is 5.75 Å². The van der Waals surface area contributed by atoms with Gasteiger partial charge in [-0.05, 0) is 25.1 Å². The van der Waals surface area contributed by atoms with Crippen LogP contribution >= 0.6 is 11.8 Å². The van der Waals surface area contributed by atoms with Crippen LogP contribution in [0.25, 0.3) is 0 Å². The number of hydrogen-bond donors (Lipinski definition) is 2. The van der Waals surface area contributed by atoms with Crippen molar-refractivity contribution in [2.45, 2.75) is 18.6 Å². The van der Waals surface area contributed by atoms with E-state index < -0.39 is 5.54 Å². The number of nitrogens with two attached hydrogens (primary N) is 2. The molecule has 3 atom stereocenters. The summed E-state index contributed by atoms with van der Waals surface area (Å²) >= 11 is 1.50. The molecule has 4 nitrogen and oxygen atoms in total. The van der Waals surface area contributed by atoms with E-state index in [9.17, 15) is 4.39 Å². The van der Waals surface area contributed by atoms with E-state index in [0.29, 0.717) is 23.0 Å². The molecular weight excluding hydrogens is 265 g/mol. The third-order valence-corrected chi connectivity index (χ3v) is 4.84. The van der Waals surface area contributed by atoms with Crippen LogP contribution in [0.3, 0.4) is 0 Å². The zero-order valence-corrected chi connectivity index (χ0v) is 11.4. The van der Waals surface area contributed by atoms with Crippen LogP contribution in [0.4, 0.5) is 10.1 Å². The molecule has 1 aromatic carbocycles. The van der Waals surface area contributed by atoms with Crippen molar-refractivity contribution in [1.29, 1.82) is 0 Å². The first-order valence-electron chi connectivity index (χ1n) is 6.18. The largest absolute Gasteiger partial charge is 0.399 e. The van der Waals surface area contributed by atoms with Crippen LogP contribution in [-0.2, 0) is 10.3 Å². The summed E-state index contributed by atoms with van der Waals surface area (Å²) in [6.45, 7) is 2.34. The molecule has 0 unspecified atom stereocenters. The average molecular weight is 281 g/mol. The molecule has 0 saturated carbocycles. The second kappa shape index (κ2) is 4.38. The Bertz CT molecular complexity index is 551. The number of nitrogens with zero attached hydrogens (tertiary/aromatic N) is 1. The summed E-state index contributed by atoms with van der Waals surface area (Å²) in [5.74, 6) is 0.589. The Morgan fingerprint density at radius 3 is 3.05 bits per heavy atom. The van der Waals surface area contributed by atoms with Gasteiger partial charge in [-0.2, -0.15) is 0 Å². The maximum Gasteiger partial charge on any atom is 0.154 e. The quantitative estimate of drug-likeness (QED) is 0.768. The van der Waals surface area contributed by atoms with Crippen molar-refractivity contribution < 1.29 is 9.13 Å². The molecule has 1 saturated heterocycles. The predicted octanol–water partition coefficient (Wildman–Crippen LogP) is 1.70. The molecule has 1 aromatic rings. The van der Waals surface area contributed by atoms with Gasteiger partial charge in [-0.15, -0.1) is 0 Å². The summed E-state index contributed by atoms with van der Waals surface area (Å²) in [4.78, 5) is 4.54. The molecule has 2 heterocycles. The van der Waals surface area contributed by atoms with Crippen LogP contribution in [0.2, 0.25) is 0 Å². The third-order valence-electron chi connectivity index (χ3n) is 3.92. The van der Waals surface area contributed by atoms with Crippen LogP contribution in [0.15, 0.2) is 23.2 Å². The van der Waals surface area contributed by atoms with Gasteiger partial charge in [-0.3, -0.25) is 0 Å². The number of rotatable bonds is 1. The van der Waals surface area contributed by atoms with Crippen LogP contribution < -0.4 is 11.5 Å². The van der Waals surface area contributed by atoms with E-state index in [1.54, 1.807) is 12.1 Å². The van der Waals surface area contributed by atoms with E-state index in [2.05, 4.69) is 4.99 Å². The molecule has 3 rings (SSSR count). The fourth-order valence-electron chi connectivity index (χ4n) is 2.87. The summed E-state index contributed by atoms with van der Waals surface area (Å²) in [5.41, 5.74) is 11.9. The first-order valence-corrected chi connectivity index (χ1v) is 7.17. The highest BCUT2D eigenvalue weighted by Gasteiger charge is 2.52. The maximum atomic E-state index is 14.2. The number of amidine groups is 1. The molecule has 19 heavy (non-hydrogen) atoms. The van der Waals surface area contributed by atoms with E-state index in [-0.39, 0.29) is 17.8 Å². The third kappa shape index (κ3) is 1.90. The topological polar surface area (TPSA) is 73.6 Å². The van der Waals surface area contributed by atoms with Crippen molar-refractivity contribution >= 4 is 22.6 Å². The Hall–Kier alpha value is -1.27. The van der Waals surface area contributed by atoms with Crippen molar-refractivity contribution in [1.82, 2.24) is 0 Å². The van der Waals surface area contributed by atoms with Gasteiger partial charge >= 0.3 is 0 Å². The Balaban J connectivity index is 2.18. The normalized spacial score (nSPS) is 33.9. The van der Waals surface area contributed by atoms with Crippen LogP contribution in [0.1, 0.15) is 12.5 Å². The molecule has 0 spiro atoms. The summed E-state index contributed by atoms with van der Waals surface area (Å²) < 4.78 is 19.9. The smallest absolute Gasteiger partial charge is 0.154 e. The Labute approximate surface area is 115 Å². The van der Waals surface area contributed by atoms with Gasteiger partial charge in [0.2, 0.25) is 0 Å². The zero-order chi connectivity index (χ0) is 13.6. The minimum atomic E-state index is -0.728. The fourth-order valence-corrected chi connectivity index (χ4v) is 4.00. The van der Waals surface area contributed by atoms with Gasteiger partial charge < -0.3 is 16.2 Å². The lowest BCUT2D eigenvalue weighted by molar-refractivity contribution is 0.107. The Morgan fingerprint density at radius 2 is 2.26 bits per heavy atom. The second-order valence-electron chi connectivity index (χ2n) is 5.05. The van der Waals surface area contributed by atoms with E-state index in [1.165, 1.54) is 17.8 Å². The first-order chi connectivity index (χ1) is 9.03. The molecule has 2 aliphatic heterocycles. The van der Waals surface area contributed by atoms with E-state index in [1.807, 2.05) is 6.92 Å². The number of benzene rings is 1. The number of aliphatic imine (C=N–C) groups is 1. The summed E-state index contributed by atoms with van der Waals surface area (Å²) in [6.07, 6.45) is 0.0326. The number of thioether (sulfide) groups is 1. The number of ether oxygens (including phenoxy) is 1. The number of nitrogen functional groups attached to an aromatic ring is 1. The van der Waals surface area contributed by atoms with Crippen molar-refractivity contribution in [3.63, 3.8) is 0 Å². The van der Waals surface area contributed by atoms with Gasteiger partial charge in [0, 0.05) is 22.9 Å². The highest BCUT2D eigenvalue weighted by atomic mass is 32.2. The van der Waals surface area contributed by atoms with Gasteiger partial charge in [0.1, 0.15) is 11.4 Å². The van der Waals surface area contributed by atoms with Gasteiger partial charge in [0.15, 0.2) is 5.17 Å². The lowest BCUT2D eigenvalue weighted by atomic mass is 9.79. The van der Waals surface area contributed by atoms with Crippen molar-refractivity contribution in [2.75, 3.05) is 18.1 Å². The van der Waals surface area contributed by atoms with Gasteiger partial charge in [0.05, 0.1) is 12.7 Å². The number of halogens is 1. The lowest BCUT2D eigenvalue weighted by Crippen LogP contribution is -2.41. The number of hydrogen-bond acceptors (Lipinski definition) is 5. The monoisotopic (exact) mass is 281 g/mol. The molecular formula is C13H16FN3OS. The summed E-state index contributed by atoms with van der Waals surface area (Å²) in [5, 5.41) is 0.482. The molecule has 1 fully saturated rings. The van der Waals surface area contributed by atoms with Crippen molar-refractivity contribution in [2.24, 2.45) is 16.6 Å². The molecule has 102 valence electrons. The van der Waals surface area contributed by atoms with E-state index >= 15 is 0 Å². The first kappa shape index (κ1) is 12.7. The lowest BCUT2D eigenvalue weighted by Gasteiger charge is -2.35.